The van der Waals surface area contributed by atoms with Crippen molar-refractivity contribution in [2.24, 2.45) is 5.92 Å². The largest absolute Gasteiger partial charge is 0.293 e. The number of Topliss-reactive ketones (excluding diaryl/α,β-unsaturated/α-hetero) is 1. The minimum Gasteiger partial charge on any atom is -0.293 e. The number of ketones is 1. The third-order valence-corrected chi connectivity index (χ3v) is 3.24. The second-order valence-corrected chi connectivity index (χ2v) is 4.88. The maximum absolute atomic E-state index is 11.6. The smallest absolute Gasteiger partial charge is 0.180 e. The number of hydrogen-bond acceptors (Lipinski definition) is 3. The standard InChI is InChI=1S/C9H8BrNOS/c1-2-6(4-11)9(12)7-3-8(10)13-5-7/h3,5-6H,2H2,1H3. The summed E-state index contributed by atoms with van der Waals surface area (Å²) in [6.07, 6.45) is 0.572. The lowest BCUT2D eigenvalue weighted by molar-refractivity contribution is 0.0947. The van der Waals surface area contributed by atoms with Gasteiger partial charge in [-0.25, -0.2) is 0 Å². The van der Waals surface area contributed by atoms with Crippen molar-refractivity contribution in [2.75, 3.05) is 0 Å². The van der Waals surface area contributed by atoms with Crippen LogP contribution < -0.4 is 0 Å². The van der Waals surface area contributed by atoms with Crippen LogP contribution in [0.1, 0.15) is 23.7 Å². The zero-order valence-corrected chi connectivity index (χ0v) is 9.48. The van der Waals surface area contributed by atoms with E-state index >= 15 is 0 Å². The predicted molar refractivity (Wildman–Crippen MR) is 55.7 cm³/mol. The molecule has 0 amide bonds. The first kappa shape index (κ1) is 10.4. The average Bonchev–Trinajstić information content (AvgIpc) is 2.54. The van der Waals surface area contributed by atoms with Crippen LogP contribution in [0.3, 0.4) is 0 Å². The fourth-order valence-electron chi connectivity index (χ4n) is 0.976. The number of carbonyl (C=O) groups is 1. The fourth-order valence-corrected chi connectivity index (χ4v) is 2.12. The second-order valence-electron chi connectivity index (χ2n) is 2.59. The molecule has 1 aromatic rings. The molecule has 0 aromatic carbocycles. The molecule has 0 bridgehead atoms. The summed E-state index contributed by atoms with van der Waals surface area (Å²) in [7, 11) is 0. The summed E-state index contributed by atoms with van der Waals surface area (Å²) in [6, 6.07) is 3.76. The average molecular weight is 258 g/mol. The number of rotatable bonds is 3. The minimum atomic E-state index is -0.499. The molecule has 0 aliphatic heterocycles. The van der Waals surface area contributed by atoms with Gasteiger partial charge in [-0.05, 0) is 28.4 Å². The first-order valence-electron chi connectivity index (χ1n) is 3.87. The summed E-state index contributed by atoms with van der Waals surface area (Å²) < 4.78 is 0.920. The third kappa shape index (κ3) is 2.39. The quantitative estimate of drug-likeness (QED) is 0.781. The van der Waals surface area contributed by atoms with Crippen LogP contribution in [0.5, 0.6) is 0 Å². The Bertz CT molecular complexity index is 353. The van der Waals surface area contributed by atoms with Crippen LogP contribution in [-0.2, 0) is 0 Å². The van der Waals surface area contributed by atoms with E-state index in [1.807, 2.05) is 13.0 Å². The van der Waals surface area contributed by atoms with Crippen molar-refractivity contribution >= 4 is 33.0 Å². The van der Waals surface area contributed by atoms with Gasteiger partial charge in [-0.15, -0.1) is 11.3 Å². The molecule has 68 valence electrons. The van der Waals surface area contributed by atoms with Gasteiger partial charge in [0.2, 0.25) is 0 Å². The lowest BCUT2D eigenvalue weighted by Gasteiger charge is -2.01. The Labute approximate surface area is 89.3 Å². The van der Waals surface area contributed by atoms with Gasteiger partial charge < -0.3 is 0 Å². The molecule has 4 heteroatoms. The van der Waals surface area contributed by atoms with E-state index in [0.717, 1.165) is 3.79 Å². The Balaban J connectivity index is 2.85. The molecule has 0 saturated carbocycles. The molecule has 1 unspecified atom stereocenters. The van der Waals surface area contributed by atoms with E-state index in [-0.39, 0.29) is 5.78 Å². The first-order chi connectivity index (χ1) is 6.19. The summed E-state index contributed by atoms with van der Waals surface area (Å²) in [5.41, 5.74) is 0.630. The minimum absolute atomic E-state index is 0.0769. The van der Waals surface area contributed by atoms with Gasteiger partial charge in [0.25, 0.3) is 0 Å². The van der Waals surface area contributed by atoms with Gasteiger partial charge in [0.1, 0.15) is 5.92 Å². The highest BCUT2D eigenvalue weighted by molar-refractivity contribution is 9.11. The molecule has 2 nitrogen and oxygen atoms in total. The number of carbonyl (C=O) groups excluding carboxylic acids is 1. The van der Waals surface area contributed by atoms with Gasteiger partial charge in [-0.1, -0.05) is 6.92 Å². The topological polar surface area (TPSA) is 40.9 Å². The van der Waals surface area contributed by atoms with E-state index in [1.165, 1.54) is 11.3 Å². The zero-order chi connectivity index (χ0) is 9.84. The molecule has 1 atom stereocenters. The molecule has 0 spiro atoms. The van der Waals surface area contributed by atoms with Crippen molar-refractivity contribution in [1.29, 1.82) is 5.26 Å². The highest BCUT2D eigenvalue weighted by Gasteiger charge is 2.18. The van der Waals surface area contributed by atoms with Gasteiger partial charge in [0, 0.05) is 10.9 Å². The summed E-state index contributed by atoms with van der Waals surface area (Å²) >= 11 is 4.73. The first-order valence-corrected chi connectivity index (χ1v) is 5.54. The van der Waals surface area contributed by atoms with Crippen LogP contribution in [0.15, 0.2) is 15.2 Å². The number of nitrogens with zero attached hydrogens (tertiary/aromatic N) is 1. The van der Waals surface area contributed by atoms with Gasteiger partial charge >= 0.3 is 0 Å². The Morgan fingerprint density at radius 3 is 2.92 bits per heavy atom. The van der Waals surface area contributed by atoms with Gasteiger partial charge in [-0.2, -0.15) is 5.26 Å². The van der Waals surface area contributed by atoms with Crippen LogP contribution >= 0.6 is 27.3 Å². The molecule has 1 heterocycles. The molecule has 0 aliphatic carbocycles. The van der Waals surface area contributed by atoms with E-state index in [2.05, 4.69) is 15.9 Å². The van der Waals surface area contributed by atoms with Crippen molar-refractivity contribution in [3.8, 4) is 6.07 Å². The Morgan fingerprint density at radius 1 is 1.85 bits per heavy atom. The molecule has 13 heavy (non-hydrogen) atoms. The van der Waals surface area contributed by atoms with Crippen molar-refractivity contribution < 1.29 is 4.79 Å². The molecular weight excluding hydrogens is 250 g/mol. The highest BCUT2D eigenvalue weighted by Crippen LogP contribution is 2.23. The predicted octanol–water partition coefficient (Wildman–Crippen LogP) is 3.24. The SMILES string of the molecule is CCC(C#N)C(=O)c1csc(Br)c1. The van der Waals surface area contributed by atoms with E-state index < -0.39 is 5.92 Å². The summed E-state index contributed by atoms with van der Waals surface area (Å²) in [4.78, 5) is 11.6. The van der Waals surface area contributed by atoms with Crippen LogP contribution in [0.25, 0.3) is 0 Å². The lowest BCUT2D eigenvalue weighted by atomic mass is 9.99. The molecular formula is C9H8BrNOS. The van der Waals surface area contributed by atoms with E-state index in [0.29, 0.717) is 12.0 Å². The van der Waals surface area contributed by atoms with E-state index in [9.17, 15) is 4.79 Å². The van der Waals surface area contributed by atoms with E-state index in [1.54, 1.807) is 11.4 Å². The van der Waals surface area contributed by atoms with Crippen molar-refractivity contribution in [1.82, 2.24) is 0 Å². The normalized spacial score (nSPS) is 12.1. The number of halogens is 1. The molecule has 0 N–H and O–H groups in total. The summed E-state index contributed by atoms with van der Waals surface area (Å²) in [6.45, 7) is 1.84. The molecule has 1 rings (SSSR count). The maximum Gasteiger partial charge on any atom is 0.180 e. The molecule has 0 radical (unpaired) electrons. The lowest BCUT2D eigenvalue weighted by Crippen LogP contribution is -2.10. The van der Waals surface area contributed by atoms with Crippen LogP contribution in [-0.4, -0.2) is 5.78 Å². The number of hydrogen-bond donors (Lipinski definition) is 0. The Morgan fingerprint density at radius 2 is 2.54 bits per heavy atom. The molecule has 0 aliphatic rings. The zero-order valence-electron chi connectivity index (χ0n) is 7.08. The van der Waals surface area contributed by atoms with Crippen LogP contribution in [0, 0.1) is 17.2 Å². The molecule has 0 fully saturated rings. The van der Waals surface area contributed by atoms with E-state index in [4.69, 9.17) is 5.26 Å². The van der Waals surface area contributed by atoms with Crippen molar-refractivity contribution in [2.45, 2.75) is 13.3 Å². The van der Waals surface area contributed by atoms with Crippen LogP contribution in [0.4, 0.5) is 0 Å². The highest BCUT2D eigenvalue weighted by atomic mass is 79.9. The monoisotopic (exact) mass is 257 g/mol. The third-order valence-electron chi connectivity index (χ3n) is 1.73. The summed E-state index contributed by atoms with van der Waals surface area (Å²) in [5.74, 6) is -0.576. The Hall–Kier alpha value is -0.660. The second kappa shape index (κ2) is 4.54. The van der Waals surface area contributed by atoms with Gasteiger partial charge in [-0.3, -0.25) is 4.79 Å². The number of nitriles is 1. The van der Waals surface area contributed by atoms with Gasteiger partial charge in [0.05, 0.1) is 9.86 Å². The van der Waals surface area contributed by atoms with Gasteiger partial charge in [0.15, 0.2) is 5.78 Å². The fraction of sp³-hybridized carbons (Fsp3) is 0.333. The summed E-state index contributed by atoms with van der Waals surface area (Å²) in [5, 5.41) is 10.5. The molecule has 1 aromatic heterocycles. The maximum atomic E-state index is 11.6. The van der Waals surface area contributed by atoms with Crippen LogP contribution in [0.2, 0.25) is 0 Å². The number of thiophene rings is 1. The van der Waals surface area contributed by atoms with Crippen molar-refractivity contribution in [3.05, 3.63) is 20.8 Å². The Kier molecular flexibility index (Phi) is 3.64. The van der Waals surface area contributed by atoms with Crippen molar-refractivity contribution in [3.63, 3.8) is 0 Å². The molecule has 0 saturated heterocycles.